The third kappa shape index (κ3) is 3.81. The van der Waals surface area contributed by atoms with Gasteiger partial charge < -0.3 is 15.3 Å². The molecular formula is C15H20N2O3. The van der Waals surface area contributed by atoms with Gasteiger partial charge in [-0.1, -0.05) is 18.2 Å². The molecule has 0 aliphatic carbocycles. The summed E-state index contributed by atoms with van der Waals surface area (Å²) in [7, 11) is 0. The van der Waals surface area contributed by atoms with Gasteiger partial charge in [0.2, 0.25) is 5.91 Å². The third-order valence-corrected chi connectivity index (χ3v) is 3.54. The molecule has 0 saturated carbocycles. The summed E-state index contributed by atoms with van der Waals surface area (Å²) >= 11 is 0. The Hall–Kier alpha value is -1.88. The summed E-state index contributed by atoms with van der Waals surface area (Å²) in [5.41, 5.74) is 1.06. The van der Waals surface area contributed by atoms with Crippen LogP contribution >= 0.6 is 0 Å². The SMILES string of the molecule is O=C(O)c1ccccc1CNCCC(=O)N1CCCC1. The Balaban J connectivity index is 1.76. The number of rotatable bonds is 6. The highest BCUT2D eigenvalue weighted by Gasteiger charge is 2.17. The van der Waals surface area contributed by atoms with Crippen LogP contribution in [0.4, 0.5) is 0 Å². The van der Waals surface area contributed by atoms with Crippen molar-refractivity contribution in [2.45, 2.75) is 25.8 Å². The summed E-state index contributed by atoms with van der Waals surface area (Å²) in [4.78, 5) is 24.8. The van der Waals surface area contributed by atoms with Gasteiger partial charge >= 0.3 is 5.97 Å². The van der Waals surface area contributed by atoms with Crippen molar-refractivity contribution in [3.63, 3.8) is 0 Å². The third-order valence-electron chi connectivity index (χ3n) is 3.54. The number of carbonyl (C=O) groups excluding carboxylic acids is 1. The standard InChI is InChI=1S/C15H20N2O3/c18-14(17-9-3-4-10-17)7-8-16-11-12-5-1-2-6-13(12)15(19)20/h1-2,5-6,16H,3-4,7-11H2,(H,19,20). The minimum absolute atomic E-state index is 0.182. The van der Waals surface area contributed by atoms with Crippen molar-refractivity contribution >= 4 is 11.9 Å². The minimum Gasteiger partial charge on any atom is -0.478 e. The van der Waals surface area contributed by atoms with E-state index < -0.39 is 5.97 Å². The number of hydrogen-bond acceptors (Lipinski definition) is 3. The lowest BCUT2D eigenvalue weighted by Crippen LogP contribution is -2.30. The molecule has 0 atom stereocenters. The van der Waals surface area contributed by atoms with E-state index in [0.717, 1.165) is 31.5 Å². The lowest BCUT2D eigenvalue weighted by molar-refractivity contribution is -0.130. The summed E-state index contributed by atoms with van der Waals surface area (Å²) in [6.45, 7) is 2.79. The van der Waals surface area contributed by atoms with Gasteiger partial charge in [0, 0.05) is 32.6 Å². The second-order valence-corrected chi connectivity index (χ2v) is 4.98. The number of nitrogens with one attached hydrogen (secondary N) is 1. The van der Waals surface area contributed by atoms with Gasteiger partial charge in [-0.05, 0) is 24.5 Å². The van der Waals surface area contributed by atoms with Crippen molar-refractivity contribution in [2.75, 3.05) is 19.6 Å². The van der Waals surface area contributed by atoms with Crippen molar-refractivity contribution in [3.05, 3.63) is 35.4 Å². The van der Waals surface area contributed by atoms with Crippen LogP contribution in [0.2, 0.25) is 0 Å². The van der Waals surface area contributed by atoms with E-state index in [2.05, 4.69) is 5.32 Å². The molecule has 108 valence electrons. The number of carboxylic acid groups (broad SMARTS) is 1. The molecule has 2 rings (SSSR count). The van der Waals surface area contributed by atoms with Gasteiger partial charge in [0.15, 0.2) is 0 Å². The fraction of sp³-hybridized carbons (Fsp3) is 0.467. The van der Waals surface area contributed by atoms with Crippen LogP contribution in [0, 0.1) is 0 Å². The van der Waals surface area contributed by atoms with Crippen LogP contribution in [-0.4, -0.2) is 41.5 Å². The molecule has 1 aliphatic rings. The molecule has 0 aromatic heterocycles. The molecule has 1 saturated heterocycles. The maximum absolute atomic E-state index is 11.8. The first-order valence-electron chi connectivity index (χ1n) is 6.98. The zero-order chi connectivity index (χ0) is 14.4. The summed E-state index contributed by atoms with van der Waals surface area (Å²) in [6, 6.07) is 6.91. The van der Waals surface area contributed by atoms with Crippen LogP contribution in [0.25, 0.3) is 0 Å². The van der Waals surface area contributed by atoms with E-state index in [0.29, 0.717) is 25.1 Å². The van der Waals surface area contributed by atoms with Gasteiger partial charge in [-0.2, -0.15) is 0 Å². The van der Waals surface area contributed by atoms with Crippen molar-refractivity contribution < 1.29 is 14.7 Å². The van der Waals surface area contributed by atoms with Crippen LogP contribution < -0.4 is 5.32 Å². The second-order valence-electron chi connectivity index (χ2n) is 4.98. The Labute approximate surface area is 118 Å². The molecule has 1 aliphatic heterocycles. The van der Waals surface area contributed by atoms with Crippen LogP contribution in [-0.2, 0) is 11.3 Å². The monoisotopic (exact) mass is 276 g/mol. The molecule has 1 amide bonds. The fourth-order valence-electron chi connectivity index (χ4n) is 2.43. The number of hydrogen-bond donors (Lipinski definition) is 2. The van der Waals surface area contributed by atoms with Gasteiger partial charge in [-0.3, -0.25) is 4.79 Å². The molecule has 0 spiro atoms. The van der Waals surface area contributed by atoms with E-state index >= 15 is 0 Å². The summed E-state index contributed by atoms with van der Waals surface area (Å²) in [5.74, 6) is -0.739. The molecule has 0 unspecified atom stereocenters. The molecular weight excluding hydrogens is 256 g/mol. The van der Waals surface area contributed by atoms with Gasteiger partial charge in [-0.25, -0.2) is 4.79 Å². The number of carbonyl (C=O) groups is 2. The highest BCUT2D eigenvalue weighted by atomic mass is 16.4. The number of nitrogens with zero attached hydrogens (tertiary/aromatic N) is 1. The van der Waals surface area contributed by atoms with Crippen molar-refractivity contribution in [3.8, 4) is 0 Å². The summed E-state index contributed by atoms with van der Waals surface area (Å²) in [6.07, 6.45) is 2.67. The molecule has 20 heavy (non-hydrogen) atoms. The average molecular weight is 276 g/mol. The Morgan fingerprint density at radius 2 is 1.90 bits per heavy atom. The van der Waals surface area contributed by atoms with E-state index in [1.807, 2.05) is 11.0 Å². The predicted molar refractivity (Wildman–Crippen MR) is 75.5 cm³/mol. The Kier molecular flexibility index (Phi) is 5.12. The first-order chi connectivity index (χ1) is 9.68. The van der Waals surface area contributed by atoms with E-state index in [1.165, 1.54) is 0 Å². The normalized spacial score (nSPS) is 14.5. The quantitative estimate of drug-likeness (QED) is 0.772. The lowest BCUT2D eigenvalue weighted by Gasteiger charge is -2.15. The molecule has 1 fully saturated rings. The lowest BCUT2D eigenvalue weighted by atomic mass is 10.1. The van der Waals surface area contributed by atoms with E-state index in [-0.39, 0.29) is 5.91 Å². The maximum Gasteiger partial charge on any atom is 0.336 e. The topological polar surface area (TPSA) is 69.6 Å². The molecule has 1 aromatic rings. The molecule has 2 N–H and O–H groups in total. The molecule has 0 bridgehead atoms. The average Bonchev–Trinajstić information content (AvgIpc) is 2.98. The van der Waals surface area contributed by atoms with Crippen LogP contribution in [0.15, 0.2) is 24.3 Å². The number of amides is 1. The van der Waals surface area contributed by atoms with Crippen molar-refractivity contribution in [1.29, 1.82) is 0 Å². The minimum atomic E-state index is -0.921. The van der Waals surface area contributed by atoms with Crippen molar-refractivity contribution in [1.82, 2.24) is 10.2 Å². The highest BCUT2D eigenvalue weighted by Crippen LogP contribution is 2.10. The highest BCUT2D eigenvalue weighted by molar-refractivity contribution is 5.89. The molecule has 1 heterocycles. The second kappa shape index (κ2) is 7.05. The number of aromatic carboxylic acids is 1. The zero-order valence-electron chi connectivity index (χ0n) is 11.5. The summed E-state index contributed by atoms with van der Waals surface area (Å²) in [5, 5.41) is 12.2. The number of likely N-dealkylation sites (tertiary alicyclic amines) is 1. The predicted octanol–water partition coefficient (Wildman–Crippen LogP) is 1.49. The molecule has 5 heteroatoms. The smallest absolute Gasteiger partial charge is 0.336 e. The largest absolute Gasteiger partial charge is 0.478 e. The van der Waals surface area contributed by atoms with E-state index in [9.17, 15) is 9.59 Å². The van der Waals surface area contributed by atoms with E-state index in [4.69, 9.17) is 5.11 Å². The summed E-state index contributed by atoms with van der Waals surface area (Å²) < 4.78 is 0. The van der Waals surface area contributed by atoms with E-state index in [1.54, 1.807) is 18.2 Å². The van der Waals surface area contributed by atoms with Gasteiger partial charge in [-0.15, -0.1) is 0 Å². The maximum atomic E-state index is 11.8. The fourth-order valence-corrected chi connectivity index (χ4v) is 2.43. The van der Waals surface area contributed by atoms with Crippen LogP contribution in [0.5, 0.6) is 0 Å². The molecule has 5 nitrogen and oxygen atoms in total. The van der Waals surface area contributed by atoms with Crippen molar-refractivity contribution in [2.24, 2.45) is 0 Å². The first kappa shape index (κ1) is 14.5. The Morgan fingerprint density at radius 3 is 2.60 bits per heavy atom. The van der Waals surface area contributed by atoms with Crippen LogP contribution in [0.1, 0.15) is 35.2 Å². The van der Waals surface area contributed by atoms with Gasteiger partial charge in [0.1, 0.15) is 0 Å². The van der Waals surface area contributed by atoms with Crippen LogP contribution in [0.3, 0.4) is 0 Å². The van der Waals surface area contributed by atoms with Gasteiger partial charge in [0.05, 0.1) is 5.56 Å². The zero-order valence-corrected chi connectivity index (χ0v) is 11.5. The first-order valence-corrected chi connectivity index (χ1v) is 6.98. The number of carboxylic acids is 1. The Morgan fingerprint density at radius 1 is 1.20 bits per heavy atom. The molecule has 1 aromatic carbocycles. The molecule has 0 radical (unpaired) electrons. The number of benzene rings is 1. The van der Waals surface area contributed by atoms with Gasteiger partial charge in [0.25, 0.3) is 0 Å². The Bertz CT molecular complexity index is 482.